The molecule has 0 aliphatic heterocycles. The molecule has 0 aromatic carbocycles. The Kier molecular flexibility index (Phi) is 6.42. The van der Waals surface area contributed by atoms with Crippen molar-refractivity contribution in [1.82, 2.24) is 0 Å². The van der Waals surface area contributed by atoms with Crippen molar-refractivity contribution in [2.75, 3.05) is 5.75 Å². The highest BCUT2D eigenvalue weighted by atomic mass is 32.1. The van der Waals surface area contributed by atoms with Gasteiger partial charge in [0.05, 0.1) is 0 Å². The molecule has 0 radical (unpaired) electrons. The van der Waals surface area contributed by atoms with E-state index in [-0.39, 0.29) is 0 Å². The molecule has 0 atom stereocenters. The first-order valence-corrected chi connectivity index (χ1v) is 3.26. The van der Waals surface area contributed by atoms with Gasteiger partial charge in [-0.15, -0.1) is 0 Å². The van der Waals surface area contributed by atoms with Gasteiger partial charge in [0.1, 0.15) is 0 Å². The number of unbranched alkanes of at least 4 members (excludes halogenated alkanes) is 1. The lowest BCUT2D eigenvalue weighted by molar-refractivity contribution is 0.982. The van der Waals surface area contributed by atoms with E-state index in [1.807, 2.05) is 6.08 Å². The molecule has 40 valence electrons. The van der Waals surface area contributed by atoms with E-state index >= 15 is 0 Å². The van der Waals surface area contributed by atoms with Gasteiger partial charge < -0.3 is 0 Å². The minimum absolute atomic E-state index is 0.938. The predicted octanol–water partition coefficient (Wildman–Crippen LogP) is 1.85. The van der Waals surface area contributed by atoms with Crippen LogP contribution < -0.4 is 0 Å². The van der Waals surface area contributed by atoms with Gasteiger partial charge in [0.25, 0.3) is 0 Å². The minimum Gasteiger partial charge on any atom is -0.179 e. The summed E-state index contributed by atoms with van der Waals surface area (Å²) in [4.78, 5) is 0. The summed E-state index contributed by atoms with van der Waals surface area (Å²) in [7, 11) is 0. The van der Waals surface area contributed by atoms with Crippen molar-refractivity contribution in [2.45, 2.75) is 12.8 Å². The number of hydrogen-bond acceptors (Lipinski definition) is 2. The van der Waals surface area contributed by atoms with E-state index in [2.05, 4.69) is 29.9 Å². The van der Waals surface area contributed by atoms with E-state index in [0.717, 1.165) is 18.6 Å². The third-order valence-electron chi connectivity index (χ3n) is 0.590. The maximum atomic E-state index is 4.43. The summed E-state index contributed by atoms with van der Waals surface area (Å²) in [6.45, 7) is 0. The summed E-state index contributed by atoms with van der Waals surface area (Å²) in [5, 5.41) is 2.53. The fourth-order valence-electron chi connectivity index (χ4n) is 0.252. The van der Waals surface area contributed by atoms with Crippen LogP contribution in [0.4, 0.5) is 0 Å². The zero-order valence-corrected chi connectivity index (χ0v) is 5.77. The summed E-state index contributed by atoms with van der Waals surface area (Å²) >= 11 is 8.45. The highest BCUT2D eigenvalue weighted by Crippen LogP contribution is 1.89. The van der Waals surface area contributed by atoms with Crippen molar-refractivity contribution in [3.63, 3.8) is 0 Å². The third-order valence-corrected chi connectivity index (χ3v) is 1.07. The van der Waals surface area contributed by atoms with E-state index in [1.54, 1.807) is 0 Å². The van der Waals surface area contributed by atoms with Crippen LogP contribution in [-0.4, -0.2) is 10.8 Å². The SMILES string of the molecule is S=C=CCCCS. The van der Waals surface area contributed by atoms with Gasteiger partial charge in [-0.25, -0.2) is 0 Å². The molecule has 0 nitrogen and oxygen atoms in total. The quantitative estimate of drug-likeness (QED) is 0.347. The molecule has 0 aromatic rings. The van der Waals surface area contributed by atoms with E-state index in [4.69, 9.17) is 0 Å². The number of thiocarbonyl (C=S) groups is 1. The van der Waals surface area contributed by atoms with Crippen LogP contribution in [0, 0.1) is 0 Å². The van der Waals surface area contributed by atoms with Gasteiger partial charge in [0.15, 0.2) is 0 Å². The van der Waals surface area contributed by atoms with Crippen LogP contribution in [-0.2, 0) is 0 Å². The second kappa shape index (κ2) is 6.22. The molecular formula is C5H8S2. The first kappa shape index (κ1) is 7.22. The predicted molar refractivity (Wildman–Crippen MR) is 40.3 cm³/mol. The summed E-state index contributed by atoms with van der Waals surface area (Å²) in [6, 6.07) is 0. The lowest BCUT2D eigenvalue weighted by Gasteiger charge is -1.81. The minimum atomic E-state index is 0.938. The molecule has 0 N–H and O–H groups in total. The molecule has 0 amide bonds. The Morgan fingerprint density at radius 3 is 2.86 bits per heavy atom. The highest BCUT2D eigenvalue weighted by molar-refractivity contribution is 7.80. The molecule has 0 bridgehead atoms. The highest BCUT2D eigenvalue weighted by Gasteiger charge is 1.73. The van der Waals surface area contributed by atoms with Crippen molar-refractivity contribution in [3.8, 4) is 0 Å². The molecular weight excluding hydrogens is 124 g/mol. The number of hydrogen-bond donors (Lipinski definition) is 1. The third kappa shape index (κ3) is 6.22. The largest absolute Gasteiger partial charge is 0.179 e. The summed E-state index contributed by atoms with van der Waals surface area (Å²) in [6.07, 6.45) is 3.98. The molecule has 0 saturated carbocycles. The van der Waals surface area contributed by atoms with Crippen molar-refractivity contribution in [1.29, 1.82) is 0 Å². The van der Waals surface area contributed by atoms with E-state index in [9.17, 15) is 0 Å². The first-order chi connectivity index (χ1) is 3.41. The normalized spacial score (nSPS) is 7.57. The van der Waals surface area contributed by atoms with Crippen LogP contribution in [0.5, 0.6) is 0 Å². The average Bonchev–Trinajstić information content (AvgIpc) is 1.69. The Bertz CT molecular complexity index is 72.1. The molecule has 0 fully saturated rings. The topological polar surface area (TPSA) is 0 Å². The standard InChI is InChI=1S/C5H8S2/c6-4-2-1-3-5-7/h2,7H,1,3,5H2. The Labute approximate surface area is 55.0 Å². The Hall–Kier alpha value is 0.220. The molecule has 0 heterocycles. The summed E-state index contributed by atoms with van der Waals surface area (Å²) in [5.74, 6) is 0.938. The van der Waals surface area contributed by atoms with Crippen LogP contribution in [0.3, 0.4) is 0 Å². The van der Waals surface area contributed by atoms with Gasteiger partial charge in [-0.1, -0.05) is 5.02 Å². The molecule has 0 aliphatic rings. The van der Waals surface area contributed by atoms with E-state index in [0.29, 0.717) is 0 Å². The van der Waals surface area contributed by atoms with Crippen LogP contribution in [0.1, 0.15) is 12.8 Å². The van der Waals surface area contributed by atoms with Crippen molar-refractivity contribution >= 4 is 29.9 Å². The monoisotopic (exact) mass is 132 g/mol. The molecule has 0 spiro atoms. The van der Waals surface area contributed by atoms with E-state index in [1.165, 1.54) is 0 Å². The van der Waals surface area contributed by atoms with Gasteiger partial charge in [-0.05, 0) is 36.9 Å². The maximum Gasteiger partial charge on any atom is -0.00947 e. The fourth-order valence-corrected chi connectivity index (χ4v) is 0.553. The van der Waals surface area contributed by atoms with E-state index < -0.39 is 0 Å². The second-order valence-electron chi connectivity index (χ2n) is 1.19. The number of allylic oxidation sites excluding steroid dienone is 1. The maximum absolute atomic E-state index is 4.43. The fraction of sp³-hybridized carbons (Fsp3) is 0.600. The summed E-state index contributed by atoms with van der Waals surface area (Å²) < 4.78 is 0. The van der Waals surface area contributed by atoms with Crippen molar-refractivity contribution in [2.24, 2.45) is 0 Å². The van der Waals surface area contributed by atoms with Crippen molar-refractivity contribution < 1.29 is 0 Å². The van der Waals surface area contributed by atoms with Gasteiger partial charge in [0.2, 0.25) is 0 Å². The first-order valence-electron chi connectivity index (χ1n) is 2.22. The lowest BCUT2D eigenvalue weighted by Crippen LogP contribution is -1.69. The molecule has 0 saturated heterocycles. The molecule has 0 rings (SSSR count). The van der Waals surface area contributed by atoms with Gasteiger partial charge in [-0.2, -0.15) is 12.6 Å². The number of thiol groups is 1. The molecule has 7 heavy (non-hydrogen) atoms. The molecule has 2 heteroatoms. The zero-order valence-electron chi connectivity index (χ0n) is 4.05. The van der Waals surface area contributed by atoms with Crippen LogP contribution >= 0.6 is 24.8 Å². The van der Waals surface area contributed by atoms with Crippen molar-refractivity contribution in [3.05, 3.63) is 6.08 Å². The zero-order chi connectivity index (χ0) is 5.54. The molecule has 0 unspecified atom stereocenters. The van der Waals surface area contributed by atoms with Crippen LogP contribution in [0.2, 0.25) is 0 Å². The Morgan fingerprint density at radius 2 is 2.43 bits per heavy atom. The van der Waals surface area contributed by atoms with Gasteiger partial charge in [-0.3, -0.25) is 0 Å². The Balaban J connectivity index is 2.83. The van der Waals surface area contributed by atoms with Crippen LogP contribution in [0.25, 0.3) is 0 Å². The summed E-state index contributed by atoms with van der Waals surface area (Å²) in [5.41, 5.74) is 0. The molecule has 0 aromatic heterocycles. The molecule has 0 aliphatic carbocycles. The van der Waals surface area contributed by atoms with Gasteiger partial charge in [0, 0.05) is 0 Å². The van der Waals surface area contributed by atoms with Crippen LogP contribution in [0.15, 0.2) is 6.08 Å². The lowest BCUT2D eigenvalue weighted by atomic mass is 10.3. The van der Waals surface area contributed by atoms with Gasteiger partial charge >= 0.3 is 0 Å². The smallest absolute Gasteiger partial charge is 0.00947 e. The Morgan fingerprint density at radius 1 is 1.71 bits per heavy atom. The number of rotatable bonds is 3. The average molecular weight is 132 g/mol. The second-order valence-corrected chi connectivity index (χ2v) is 1.87.